The molecule has 1 unspecified atom stereocenters. The summed E-state index contributed by atoms with van der Waals surface area (Å²) in [6.07, 6.45) is 4.60. The van der Waals surface area contributed by atoms with Crippen LogP contribution in [0.15, 0.2) is 24.3 Å². The average Bonchev–Trinajstić information content (AvgIpc) is 2.34. The Morgan fingerprint density at radius 2 is 1.82 bits per heavy atom. The van der Waals surface area contributed by atoms with Gasteiger partial charge in [0.2, 0.25) is 0 Å². The van der Waals surface area contributed by atoms with Crippen molar-refractivity contribution in [3.8, 4) is 0 Å². The molecule has 1 heteroatoms. The fourth-order valence-corrected chi connectivity index (χ4v) is 2.49. The summed E-state index contributed by atoms with van der Waals surface area (Å²) in [5.74, 6) is 1.18. The van der Waals surface area contributed by atoms with Crippen LogP contribution in [0.2, 0.25) is 0 Å². The Bertz CT molecular complexity index is 315. The molecule has 0 fully saturated rings. The third-order valence-electron chi connectivity index (χ3n) is 3.69. The summed E-state index contributed by atoms with van der Waals surface area (Å²) in [7, 11) is 0. The number of rotatable bonds is 7. The lowest BCUT2D eigenvalue weighted by Crippen LogP contribution is -2.14. The minimum Gasteiger partial charge on any atom is -0.396 e. The first-order valence-corrected chi connectivity index (χ1v) is 6.85. The molecule has 0 spiro atoms. The largest absolute Gasteiger partial charge is 0.396 e. The average molecular weight is 234 g/mol. The number of benzene rings is 1. The first-order chi connectivity index (χ1) is 8.19. The van der Waals surface area contributed by atoms with E-state index in [1.807, 2.05) is 0 Å². The normalized spacial score (nSPS) is 13.0. The van der Waals surface area contributed by atoms with Crippen molar-refractivity contribution in [1.82, 2.24) is 0 Å². The Kier molecular flexibility index (Phi) is 6.28. The number of aryl methyl sites for hydroxylation is 1. The van der Waals surface area contributed by atoms with Gasteiger partial charge < -0.3 is 5.11 Å². The highest BCUT2D eigenvalue weighted by atomic mass is 16.3. The van der Waals surface area contributed by atoms with E-state index in [0.29, 0.717) is 12.5 Å². The summed E-state index contributed by atoms with van der Waals surface area (Å²) in [5, 5.41) is 9.50. The van der Waals surface area contributed by atoms with E-state index in [0.717, 1.165) is 18.8 Å². The zero-order valence-corrected chi connectivity index (χ0v) is 11.4. The van der Waals surface area contributed by atoms with Gasteiger partial charge in [0.25, 0.3) is 0 Å². The molecular formula is C16H26O. The van der Waals surface area contributed by atoms with Crippen molar-refractivity contribution in [1.29, 1.82) is 0 Å². The van der Waals surface area contributed by atoms with E-state index < -0.39 is 0 Å². The van der Waals surface area contributed by atoms with Crippen LogP contribution in [-0.4, -0.2) is 11.7 Å². The lowest BCUT2D eigenvalue weighted by Gasteiger charge is -2.20. The van der Waals surface area contributed by atoms with E-state index >= 15 is 0 Å². The molecular weight excluding hydrogens is 208 g/mol. The van der Waals surface area contributed by atoms with Gasteiger partial charge in [0.1, 0.15) is 0 Å². The fraction of sp³-hybridized carbons (Fsp3) is 0.625. The summed E-state index contributed by atoms with van der Waals surface area (Å²) in [4.78, 5) is 0. The van der Waals surface area contributed by atoms with Crippen LogP contribution in [0.25, 0.3) is 0 Å². The summed E-state index contributed by atoms with van der Waals surface area (Å²) < 4.78 is 0. The topological polar surface area (TPSA) is 20.2 Å². The van der Waals surface area contributed by atoms with Gasteiger partial charge in [-0.05, 0) is 37.2 Å². The number of hydrogen-bond donors (Lipinski definition) is 1. The van der Waals surface area contributed by atoms with Crippen molar-refractivity contribution in [3.63, 3.8) is 0 Å². The van der Waals surface area contributed by atoms with Gasteiger partial charge in [-0.3, -0.25) is 0 Å². The second-order valence-electron chi connectivity index (χ2n) is 5.16. The van der Waals surface area contributed by atoms with Crippen LogP contribution in [0.3, 0.4) is 0 Å². The molecule has 1 atom stereocenters. The van der Waals surface area contributed by atoms with Gasteiger partial charge in [-0.2, -0.15) is 0 Å². The fourth-order valence-electron chi connectivity index (χ4n) is 2.49. The Morgan fingerprint density at radius 1 is 1.12 bits per heavy atom. The van der Waals surface area contributed by atoms with Crippen molar-refractivity contribution in [2.75, 3.05) is 6.61 Å². The maximum Gasteiger partial charge on any atom is 0.0462 e. The maximum atomic E-state index is 9.50. The number of hydrogen-bond acceptors (Lipinski definition) is 1. The zero-order chi connectivity index (χ0) is 12.7. The van der Waals surface area contributed by atoms with Crippen LogP contribution < -0.4 is 0 Å². The first kappa shape index (κ1) is 14.2. The maximum absolute atomic E-state index is 9.50. The second kappa shape index (κ2) is 7.50. The molecule has 0 aliphatic heterocycles. The SMILES string of the molecule is CCC(CC)CC(CO)Cc1cccc(C)c1. The third kappa shape index (κ3) is 4.91. The highest BCUT2D eigenvalue weighted by molar-refractivity contribution is 5.22. The Hall–Kier alpha value is -0.820. The molecule has 1 rings (SSSR count). The van der Waals surface area contributed by atoms with E-state index in [1.54, 1.807) is 0 Å². The molecule has 0 radical (unpaired) electrons. The zero-order valence-electron chi connectivity index (χ0n) is 11.4. The standard InChI is InChI=1S/C16H26O/c1-4-14(5-2)10-16(12-17)11-15-8-6-7-13(3)9-15/h6-9,14,16-17H,4-5,10-12H2,1-3H3. The lowest BCUT2D eigenvalue weighted by molar-refractivity contribution is 0.196. The molecule has 0 amide bonds. The molecule has 0 bridgehead atoms. The van der Waals surface area contributed by atoms with E-state index in [9.17, 15) is 5.11 Å². The van der Waals surface area contributed by atoms with Gasteiger partial charge in [0, 0.05) is 6.61 Å². The molecule has 0 aromatic heterocycles. The van der Waals surface area contributed by atoms with Gasteiger partial charge in [-0.25, -0.2) is 0 Å². The number of aliphatic hydroxyl groups excluding tert-OH is 1. The van der Waals surface area contributed by atoms with Crippen molar-refractivity contribution >= 4 is 0 Å². The monoisotopic (exact) mass is 234 g/mol. The minimum absolute atomic E-state index is 0.310. The van der Waals surface area contributed by atoms with Crippen molar-refractivity contribution in [2.45, 2.75) is 46.5 Å². The van der Waals surface area contributed by atoms with Gasteiger partial charge in [-0.1, -0.05) is 56.5 Å². The Morgan fingerprint density at radius 3 is 2.35 bits per heavy atom. The van der Waals surface area contributed by atoms with E-state index in [4.69, 9.17) is 0 Å². The van der Waals surface area contributed by atoms with Crippen LogP contribution in [0, 0.1) is 18.8 Å². The van der Waals surface area contributed by atoms with Crippen LogP contribution in [-0.2, 0) is 6.42 Å². The summed E-state index contributed by atoms with van der Waals surface area (Å²) >= 11 is 0. The van der Waals surface area contributed by atoms with Crippen LogP contribution in [0.5, 0.6) is 0 Å². The highest BCUT2D eigenvalue weighted by Gasteiger charge is 2.14. The van der Waals surface area contributed by atoms with E-state index in [2.05, 4.69) is 45.0 Å². The Labute approximate surface area is 106 Å². The van der Waals surface area contributed by atoms with E-state index in [1.165, 1.54) is 24.0 Å². The first-order valence-electron chi connectivity index (χ1n) is 6.85. The second-order valence-corrected chi connectivity index (χ2v) is 5.16. The van der Waals surface area contributed by atoms with Gasteiger partial charge in [-0.15, -0.1) is 0 Å². The molecule has 1 N–H and O–H groups in total. The van der Waals surface area contributed by atoms with Gasteiger partial charge in [0.15, 0.2) is 0 Å². The molecule has 1 aromatic rings. The molecule has 0 saturated heterocycles. The molecule has 96 valence electrons. The van der Waals surface area contributed by atoms with Crippen molar-refractivity contribution in [3.05, 3.63) is 35.4 Å². The molecule has 0 aliphatic carbocycles. The summed E-state index contributed by atoms with van der Waals surface area (Å²) in [5.41, 5.74) is 2.66. The summed E-state index contributed by atoms with van der Waals surface area (Å²) in [6, 6.07) is 8.63. The van der Waals surface area contributed by atoms with Crippen LogP contribution in [0.4, 0.5) is 0 Å². The minimum atomic E-state index is 0.310. The predicted octanol–water partition coefficient (Wildman–Crippen LogP) is 3.97. The van der Waals surface area contributed by atoms with E-state index in [-0.39, 0.29) is 0 Å². The Balaban J connectivity index is 2.57. The third-order valence-corrected chi connectivity index (χ3v) is 3.69. The van der Waals surface area contributed by atoms with Crippen molar-refractivity contribution < 1.29 is 5.11 Å². The van der Waals surface area contributed by atoms with Gasteiger partial charge >= 0.3 is 0 Å². The predicted molar refractivity (Wildman–Crippen MR) is 74.1 cm³/mol. The van der Waals surface area contributed by atoms with Gasteiger partial charge in [0.05, 0.1) is 0 Å². The van der Waals surface area contributed by atoms with Crippen LogP contribution in [0.1, 0.15) is 44.2 Å². The highest BCUT2D eigenvalue weighted by Crippen LogP contribution is 2.22. The molecule has 17 heavy (non-hydrogen) atoms. The summed E-state index contributed by atoms with van der Waals surface area (Å²) in [6.45, 7) is 6.92. The molecule has 1 nitrogen and oxygen atoms in total. The number of aliphatic hydroxyl groups is 1. The molecule has 0 saturated carbocycles. The lowest BCUT2D eigenvalue weighted by atomic mass is 9.87. The molecule has 0 aliphatic rings. The molecule has 0 heterocycles. The van der Waals surface area contributed by atoms with Crippen LogP contribution >= 0.6 is 0 Å². The quantitative estimate of drug-likeness (QED) is 0.757. The van der Waals surface area contributed by atoms with Crippen molar-refractivity contribution in [2.24, 2.45) is 11.8 Å². The smallest absolute Gasteiger partial charge is 0.0462 e. The molecule has 1 aromatic carbocycles.